The Morgan fingerprint density at radius 1 is 1.37 bits per heavy atom. The maximum absolute atomic E-state index is 11.4. The van der Waals surface area contributed by atoms with Crippen molar-refractivity contribution >= 4 is 5.97 Å². The van der Waals surface area contributed by atoms with Crippen LogP contribution in [-0.2, 0) is 22.4 Å². The number of aliphatic carboxylic acids is 1. The Bertz CT molecular complexity index is 466. The number of hydrogen-bond donors (Lipinski definition) is 1. The van der Waals surface area contributed by atoms with E-state index in [-0.39, 0.29) is 0 Å². The lowest BCUT2D eigenvalue weighted by atomic mass is 9.97. The largest absolute Gasteiger partial charge is 0.480 e. The molecule has 0 bridgehead atoms. The summed E-state index contributed by atoms with van der Waals surface area (Å²) in [6.45, 7) is 1.59. The van der Waals surface area contributed by atoms with Crippen LogP contribution >= 0.6 is 0 Å². The average molecular weight is 265 g/mol. The molecule has 1 N–H and O–H groups in total. The maximum atomic E-state index is 11.4. The molecule has 1 saturated heterocycles. The van der Waals surface area contributed by atoms with Crippen LogP contribution in [0, 0.1) is 5.92 Å². The highest BCUT2D eigenvalue weighted by molar-refractivity contribution is 5.72. The summed E-state index contributed by atoms with van der Waals surface area (Å²) in [7, 11) is 0. The lowest BCUT2D eigenvalue weighted by Crippen LogP contribution is -2.28. The van der Waals surface area contributed by atoms with Gasteiger partial charge in [0.1, 0.15) is 17.7 Å². The first-order valence-corrected chi connectivity index (χ1v) is 6.99. The molecule has 1 aromatic rings. The minimum atomic E-state index is -0.776. The predicted molar refractivity (Wildman–Crippen MR) is 66.9 cm³/mol. The molecule has 2 aliphatic heterocycles. The van der Waals surface area contributed by atoms with Gasteiger partial charge >= 0.3 is 5.97 Å². The van der Waals surface area contributed by atoms with Crippen molar-refractivity contribution in [2.24, 2.45) is 5.92 Å². The van der Waals surface area contributed by atoms with Crippen LogP contribution in [0.25, 0.3) is 0 Å². The average Bonchev–Trinajstić information content (AvgIpc) is 2.83. The lowest BCUT2D eigenvalue weighted by Gasteiger charge is -2.25. The zero-order valence-electron chi connectivity index (χ0n) is 10.9. The second-order valence-corrected chi connectivity index (χ2v) is 5.44. The van der Waals surface area contributed by atoms with Gasteiger partial charge < -0.3 is 14.4 Å². The van der Waals surface area contributed by atoms with Crippen molar-refractivity contribution in [2.45, 2.75) is 44.6 Å². The van der Waals surface area contributed by atoms with Gasteiger partial charge in [-0.05, 0) is 31.6 Å². The highest BCUT2D eigenvalue weighted by Gasteiger charge is 2.30. The van der Waals surface area contributed by atoms with Crippen LogP contribution in [0.1, 0.15) is 43.4 Å². The van der Waals surface area contributed by atoms with Crippen LogP contribution in [0.5, 0.6) is 0 Å². The zero-order valence-corrected chi connectivity index (χ0v) is 10.9. The van der Waals surface area contributed by atoms with Gasteiger partial charge in [0, 0.05) is 26.1 Å². The van der Waals surface area contributed by atoms with Gasteiger partial charge in [-0.3, -0.25) is 0 Å². The summed E-state index contributed by atoms with van der Waals surface area (Å²) < 4.78 is 7.32. The molecule has 19 heavy (non-hydrogen) atoms. The Morgan fingerprint density at radius 2 is 2.26 bits per heavy atom. The molecule has 3 rings (SSSR count). The van der Waals surface area contributed by atoms with Crippen molar-refractivity contribution in [1.29, 1.82) is 0 Å². The number of carboxylic acid groups (broad SMARTS) is 1. The molecule has 6 heteroatoms. The van der Waals surface area contributed by atoms with E-state index in [1.165, 1.54) is 0 Å². The van der Waals surface area contributed by atoms with Gasteiger partial charge in [-0.25, -0.2) is 4.79 Å². The molecule has 2 aliphatic rings. The quantitative estimate of drug-likeness (QED) is 0.888. The smallest absolute Gasteiger partial charge is 0.326 e. The summed E-state index contributed by atoms with van der Waals surface area (Å²) >= 11 is 0. The van der Waals surface area contributed by atoms with Crippen LogP contribution in [0.2, 0.25) is 0 Å². The van der Waals surface area contributed by atoms with Crippen molar-refractivity contribution in [3.8, 4) is 0 Å². The molecule has 1 aromatic heterocycles. The number of carbonyl (C=O) groups is 1. The number of hydrogen-bond acceptors (Lipinski definition) is 4. The number of nitrogens with zero attached hydrogens (tertiary/aromatic N) is 3. The second-order valence-electron chi connectivity index (χ2n) is 5.44. The third-order valence-corrected chi connectivity index (χ3v) is 4.04. The van der Waals surface area contributed by atoms with Gasteiger partial charge in [-0.15, -0.1) is 10.2 Å². The van der Waals surface area contributed by atoms with Gasteiger partial charge in [-0.2, -0.15) is 0 Å². The summed E-state index contributed by atoms with van der Waals surface area (Å²) in [5, 5.41) is 17.7. The summed E-state index contributed by atoms with van der Waals surface area (Å²) in [6.07, 6.45) is 5.36. The van der Waals surface area contributed by atoms with Crippen molar-refractivity contribution in [2.75, 3.05) is 13.2 Å². The fourth-order valence-corrected chi connectivity index (χ4v) is 3.07. The molecular formula is C13H19N3O3. The topological polar surface area (TPSA) is 77.2 Å². The fourth-order valence-electron chi connectivity index (χ4n) is 3.07. The van der Waals surface area contributed by atoms with E-state index in [9.17, 15) is 9.90 Å². The first kappa shape index (κ1) is 12.6. The molecule has 6 nitrogen and oxygen atoms in total. The minimum Gasteiger partial charge on any atom is -0.480 e. The zero-order chi connectivity index (χ0) is 13.2. The number of fused-ring (bicyclic) bond motifs is 1. The van der Waals surface area contributed by atoms with E-state index in [1.54, 1.807) is 0 Å². The molecule has 0 amide bonds. The van der Waals surface area contributed by atoms with Crippen LogP contribution in [0.4, 0.5) is 0 Å². The Labute approximate surface area is 111 Å². The highest BCUT2D eigenvalue weighted by atomic mass is 16.5. The first-order chi connectivity index (χ1) is 9.25. The van der Waals surface area contributed by atoms with Gasteiger partial charge in [0.2, 0.25) is 0 Å². The standard InChI is InChI=1S/C13H19N3O3/c17-13(18)10-4-1-5-11-14-15-12(16(10)11)7-9-3-2-6-19-8-9/h9-10H,1-8H2,(H,17,18). The van der Waals surface area contributed by atoms with Gasteiger partial charge in [0.15, 0.2) is 0 Å². The van der Waals surface area contributed by atoms with Crippen LogP contribution in [0.15, 0.2) is 0 Å². The van der Waals surface area contributed by atoms with E-state index in [0.717, 1.165) is 57.0 Å². The SMILES string of the molecule is O=C(O)C1CCCc2nnc(CC3CCCOC3)n21. The highest BCUT2D eigenvalue weighted by Crippen LogP contribution is 2.27. The Kier molecular flexibility index (Phi) is 3.50. The van der Waals surface area contributed by atoms with Crippen LogP contribution in [-0.4, -0.2) is 39.1 Å². The summed E-state index contributed by atoms with van der Waals surface area (Å²) in [5.41, 5.74) is 0. The van der Waals surface area contributed by atoms with Gasteiger partial charge in [0.25, 0.3) is 0 Å². The van der Waals surface area contributed by atoms with E-state index in [4.69, 9.17) is 4.74 Å². The van der Waals surface area contributed by atoms with Crippen molar-refractivity contribution < 1.29 is 14.6 Å². The monoisotopic (exact) mass is 265 g/mol. The van der Waals surface area contributed by atoms with E-state index < -0.39 is 12.0 Å². The van der Waals surface area contributed by atoms with E-state index in [1.807, 2.05) is 4.57 Å². The molecule has 2 atom stereocenters. The number of rotatable bonds is 3. The van der Waals surface area contributed by atoms with E-state index in [0.29, 0.717) is 12.3 Å². The Hall–Kier alpha value is -1.43. The number of carboxylic acids is 1. The van der Waals surface area contributed by atoms with Crippen molar-refractivity contribution in [3.05, 3.63) is 11.6 Å². The molecular weight excluding hydrogens is 246 g/mol. The third-order valence-electron chi connectivity index (χ3n) is 4.04. The Morgan fingerprint density at radius 3 is 3.00 bits per heavy atom. The number of ether oxygens (including phenoxy) is 1. The molecule has 0 aromatic carbocycles. The van der Waals surface area contributed by atoms with Crippen molar-refractivity contribution in [1.82, 2.24) is 14.8 Å². The number of aromatic nitrogens is 3. The van der Waals surface area contributed by atoms with Crippen LogP contribution < -0.4 is 0 Å². The van der Waals surface area contributed by atoms with Gasteiger partial charge in [-0.1, -0.05) is 0 Å². The first-order valence-electron chi connectivity index (χ1n) is 6.99. The van der Waals surface area contributed by atoms with E-state index in [2.05, 4.69) is 10.2 Å². The number of aryl methyl sites for hydroxylation is 1. The normalized spacial score (nSPS) is 26.9. The maximum Gasteiger partial charge on any atom is 0.326 e. The van der Waals surface area contributed by atoms with Crippen molar-refractivity contribution in [3.63, 3.8) is 0 Å². The summed E-state index contributed by atoms with van der Waals surface area (Å²) in [6, 6.07) is -0.488. The lowest BCUT2D eigenvalue weighted by molar-refractivity contribution is -0.141. The predicted octanol–water partition coefficient (Wildman–Crippen LogP) is 1.21. The van der Waals surface area contributed by atoms with E-state index >= 15 is 0 Å². The molecule has 104 valence electrons. The fraction of sp³-hybridized carbons (Fsp3) is 0.769. The molecule has 0 saturated carbocycles. The minimum absolute atomic E-state index is 0.443. The third kappa shape index (κ3) is 2.49. The Balaban J connectivity index is 1.82. The molecule has 0 aliphatic carbocycles. The summed E-state index contributed by atoms with van der Waals surface area (Å²) in [4.78, 5) is 11.4. The summed E-state index contributed by atoms with van der Waals surface area (Å²) in [5.74, 6) is 1.31. The van der Waals surface area contributed by atoms with Crippen LogP contribution in [0.3, 0.4) is 0 Å². The molecule has 0 radical (unpaired) electrons. The molecule has 1 fully saturated rings. The molecule has 0 spiro atoms. The van der Waals surface area contributed by atoms with Gasteiger partial charge in [0.05, 0.1) is 0 Å². The molecule has 2 unspecified atom stereocenters. The molecule has 3 heterocycles. The second kappa shape index (κ2) is 5.28.